The molecule has 0 heterocycles. The van der Waals surface area contributed by atoms with Crippen LogP contribution in [-0.2, 0) is 4.79 Å². The van der Waals surface area contributed by atoms with Crippen LogP contribution in [0.25, 0.3) is 0 Å². The van der Waals surface area contributed by atoms with Gasteiger partial charge in [-0.3, -0.25) is 4.79 Å². The van der Waals surface area contributed by atoms with Gasteiger partial charge in [-0.05, 0) is 19.8 Å². The third-order valence-electron chi connectivity index (χ3n) is 3.55. The molecule has 0 bridgehead atoms. The molecule has 2 heteroatoms. The van der Waals surface area contributed by atoms with Crippen LogP contribution in [0.4, 0.5) is 0 Å². The number of carbonyl (C=O) groups excluding carboxylic acids is 1. The lowest BCUT2D eigenvalue weighted by molar-refractivity contribution is -0.131. The highest BCUT2D eigenvalue weighted by Gasteiger charge is 2.31. The van der Waals surface area contributed by atoms with Crippen LogP contribution in [0.1, 0.15) is 79.1 Å². The van der Waals surface area contributed by atoms with E-state index in [-0.39, 0.29) is 11.3 Å². The first-order chi connectivity index (χ1) is 8.10. The first kappa shape index (κ1) is 16.5. The summed E-state index contributed by atoms with van der Waals surface area (Å²) in [6.45, 7) is 9.29. The summed E-state index contributed by atoms with van der Waals surface area (Å²) in [6, 6.07) is 0. The van der Waals surface area contributed by atoms with Crippen molar-refractivity contribution in [1.29, 1.82) is 0 Å². The van der Waals surface area contributed by atoms with E-state index in [4.69, 9.17) is 0 Å². The normalized spacial score (nSPS) is 14.4. The molecule has 0 aromatic rings. The molecule has 17 heavy (non-hydrogen) atoms. The Morgan fingerprint density at radius 1 is 0.941 bits per heavy atom. The molecule has 0 aliphatic rings. The Bertz CT molecular complexity index is 203. The molecule has 0 saturated carbocycles. The molecule has 0 aromatic carbocycles. The largest absolute Gasteiger partial charge is 0.356 e. The molecule has 0 aromatic heterocycles. The Morgan fingerprint density at radius 3 is 2.06 bits per heavy atom. The molecule has 0 saturated heterocycles. The molecule has 1 N–H and O–H groups in total. The minimum absolute atomic E-state index is 0.139. The number of rotatable bonds is 10. The zero-order valence-electron chi connectivity index (χ0n) is 12.3. The summed E-state index contributed by atoms with van der Waals surface area (Å²) >= 11 is 0. The fraction of sp³-hybridized carbons (Fsp3) is 0.933. The fourth-order valence-electron chi connectivity index (χ4n) is 2.23. The quantitative estimate of drug-likeness (QED) is 0.568. The summed E-state index contributed by atoms with van der Waals surface area (Å²) < 4.78 is 0. The zero-order valence-corrected chi connectivity index (χ0v) is 12.3. The van der Waals surface area contributed by atoms with Crippen LogP contribution in [0.5, 0.6) is 0 Å². The predicted molar refractivity (Wildman–Crippen MR) is 75.1 cm³/mol. The van der Waals surface area contributed by atoms with Crippen LogP contribution in [0.2, 0.25) is 0 Å². The summed E-state index contributed by atoms with van der Waals surface area (Å²) in [5, 5.41) is 3.00. The van der Waals surface area contributed by atoms with Gasteiger partial charge < -0.3 is 5.32 Å². The molecular formula is C15H31NO. The van der Waals surface area contributed by atoms with Crippen LogP contribution in [0, 0.1) is 5.41 Å². The zero-order chi connectivity index (χ0) is 13.1. The average molecular weight is 241 g/mol. The standard InChI is InChI=1S/C15H31NO/c1-5-8-10-11-13-15(4,12-9-6-2)14(17)16-7-3/h5-13H2,1-4H3,(H,16,17). The van der Waals surface area contributed by atoms with Crippen molar-refractivity contribution in [2.45, 2.75) is 79.1 Å². The van der Waals surface area contributed by atoms with E-state index < -0.39 is 0 Å². The third kappa shape index (κ3) is 6.70. The summed E-state index contributed by atoms with van der Waals surface area (Å²) in [5.74, 6) is 0.255. The van der Waals surface area contributed by atoms with E-state index in [0.29, 0.717) is 0 Å². The number of amides is 1. The van der Waals surface area contributed by atoms with E-state index in [9.17, 15) is 4.79 Å². The Balaban J connectivity index is 4.22. The Kier molecular flexibility index (Phi) is 9.20. The van der Waals surface area contributed by atoms with Crippen LogP contribution in [0.3, 0.4) is 0 Å². The SMILES string of the molecule is CCCCCCC(C)(CCCC)C(=O)NCC. The van der Waals surface area contributed by atoms with E-state index in [1.54, 1.807) is 0 Å². The van der Waals surface area contributed by atoms with Gasteiger partial charge in [-0.1, -0.05) is 59.3 Å². The number of carbonyl (C=O) groups is 1. The molecule has 1 atom stereocenters. The lowest BCUT2D eigenvalue weighted by atomic mass is 9.79. The molecule has 1 unspecified atom stereocenters. The Morgan fingerprint density at radius 2 is 1.53 bits per heavy atom. The second-order valence-electron chi connectivity index (χ2n) is 5.33. The van der Waals surface area contributed by atoms with Crippen LogP contribution in [0.15, 0.2) is 0 Å². The van der Waals surface area contributed by atoms with Crippen molar-refractivity contribution >= 4 is 5.91 Å². The second kappa shape index (κ2) is 9.49. The molecular weight excluding hydrogens is 210 g/mol. The minimum atomic E-state index is -0.139. The van der Waals surface area contributed by atoms with Crippen molar-refractivity contribution in [1.82, 2.24) is 5.32 Å². The molecule has 102 valence electrons. The fourth-order valence-corrected chi connectivity index (χ4v) is 2.23. The topological polar surface area (TPSA) is 29.1 Å². The Labute approximate surface area is 108 Å². The van der Waals surface area contributed by atoms with Crippen molar-refractivity contribution in [3.63, 3.8) is 0 Å². The van der Waals surface area contributed by atoms with Gasteiger partial charge in [0.15, 0.2) is 0 Å². The number of unbranched alkanes of at least 4 members (excludes halogenated alkanes) is 4. The maximum absolute atomic E-state index is 12.1. The van der Waals surface area contributed by atoms with Gasteiger partial charge in [-0.25, -0.2) is 0 Å². The maximum Gasteiger partial charge on any atom is 0.225 e. The third-order valence-corrected chi connectivity index (χ3v) is 3.55. The van der Waals surface area contributed by atoms with Gasteiger partial charge in [0.25, 0.3) is 0 Å². The second-order valence-corrected chi connectivity index (χ2v) is 5.33. The van der Waals surface area contributed by atoms with E-state index in [1.165, 1.54) is 32.1 Å². The van der Waals surface area contributed by atoms with Crippen LogP contribution in [-0.4, -0.2) is 12.5 Å². The Hall–Kier alpha value is -0.530. The van der Waals surface area contributed by atoms with Gasteiger partial charge >= 0.3 is 0 Å². The first-order valence-electron chi connectivity index (χ1n) is 7.39. The smallest absolute Gasteiger partial charge is 0.225 e. The number of hydrogen-bond acceptors (Lipinski definition) is 1. The highest BCUT2D eigenvalue weighted by molar-refractivity contribution is 5.82. The van der Waals surface area contributed by atoms with E-state index >= 15 is 0 Å². The van der Waals surface area contributed by atoms with Crippen molar-refractivity contribution in [2.75, 3.05) is 6.54 Å². The van der Waals surface area contributed by atoms with E-state index in [0.717, 1.165) is 25.8 Å². The van der Waals surface area contributed by atoms with Gasteiger partial charge in [0.05, 0.1) is 0 Å². The van der Waals surface area contributed by atoms with Gasteiger partial charge in [0, 0.05) is 12.0 Å². The van der Waals surface area contributed by atoms with Gasteiger partial charge in [0.2, 0.25) is 5.91 Å². The minimum Gasteiger partial charge on any atom is -0.356 e. The van der Waals surface area contributed by atoms with Gasteiger partial charge in [-0.2, -0.15) is 0 Å². The summed E-state index contributed by atoms with van der Waals surface area (Å²) in [7, 11) is 0. The molecule has 2 nitrogen and oxygen atoms in total. The molecule has 1 amide bonds. The van der Waals surface area contributed by atoms with Crippen molar-refractivity contribution < 1.29 is 4.79 Å². The molecule has 0 radical (unpaired) electrons. The van der Waals surface area contributed by atoms with Crippen LogP contribution < -0.4 is 5.32 Å². The molecule has 0 aliphatic heterocycles. The monoisotopic (exact) mass is 241 g/mol. The van der Waals surface area contributed by atoms with Crippen LogP contribution >= 0.6 is 0 Å². The lowest BCUT2D eigenvalue weighted by Gasteiger charge is -2.28. The average Bonchev–Trinajstić information content (AvgIpc) is 2.32. The summed E-state index contributed by atoms with van der Waals surface area (Å²) in [6.07, 6.45) is 9.39. The number of nitrogens with one attached hydrogen (secondary N) is 1. The lowest BCUT2D eigenvalue weighted by Crippen LogP contribution is -2.38. The predicted octanol–water partition coefficient (Wildman–Crippen LogP) is 4.29. The highest BCUT2D eigenvalue weighted by Crippen LogP contribution is 2.31. The molecule has 0 aliphatic carbocycles. The molecule has 0 rings (SSSR count). The first-order valence-corrected chi connectivity index (χ1v) is 7.39. The number of hydrogen-bond donors (Lipinski definition) is 1. The van der Waals surface area contributed by atoms with Crippen molar-refractivity contribution in [3.8, 4) is 0 Å². The molecule has 0 spiro atoms. The van der Waals surface area contributed by atoms with Gasteiger partial charge in [0.1, 0.15) is 0 Å². The van der Waals surface area contributed by atoms with Crippen molar-refractivity contribution in [2.24, 2.45) is 5.41 Å². The summed E-state index contributed by atoms with van der Waals surface area (Å²) in [5.41, 5.74) is -0.139. The van der Waals surface area contributed by atoms with E-state index in [2.05, 4.69) is 26.1 Å². The summed E-state index contributed by atoms with van der Waals surface area (Å²) in [4.78, 5) is 12.1. The van der Waals surface area contributed by atoms with Gasteiger partial charge in [-0.15, -0.1) is 0 Å². The van der Waals surface area contributed by atoms with E-state index in [1.807, 2.05) is 6.92 Å². The highest BCUT2D eigenvalue weighted by atomic mass is 16.2. The maximum atomic E-state index is 12.1. The molecule has 0 fully saturated rings. The van der Waals surface area contributed by atoms with Crippen molar-refractivity contribution in [3.05, 3.63) is 0 Å².